The Hall–Kier alpha value is -2.28. The molecule has 0 fully saturated rings. The smallest absolute Gasteiger partial charge is 0.268 e. The Labute approximate surface area is 141 Å². The van der Waals surface area contributed by atoms with Crippen molar-refractivity contribution in [2.24, 2.45) is 7.05 Å². The first kappa shape index (κ1) is 16.6. The first-order valence-electron chi connectivity index (χ1n) is 7.95. The highest BCUT2D eigenvalue weighted by molar-refractivity contribution is 7.89. The van der Waals surface area contributed by atoms with Gasteiger partial charge in [-0.1, -0.05) is 31.5 Å². The van der Waals surface area contributed by atoms with Crippen LogP contribution < -0.4 is 5.32 Å². The third kappa shape index (κ3) is 2.39. The highest BCUT2D eigenvalue weighted by Crippen LogP contribution is 2.37. The van der Waals surface area contributed by atoms with Crippen LogP contribution in [0.4, 0.5) is 0 Å². The Bertz CT molecular complexity index is 941. The molecule has 128 valence electrons. The molecule has 0 spiro atoms. The predicted molar refractivity (Wildman–Crippen MR) is 93.8 cm³/mol. The number of rotatable bonds is 4. The Kier molecular flexibility index (Phi) is 4.13. The Morgan fingerprint density at radius 1 is 1.21 bits per heavy atom. The van der Waals surface area contributed by atoms with E-state index in [0.717, 1.165) is 22.7 Å². The number of likely N-dealkylation sites (N-methyl/N-ethyl adjacent to an activating group) is 1. The number of aryl methyl sites for hydroxylation is 1. The minimum atomic E-state index is -3.77. The first-order valence-corrected chi connectivity index (χ1v) is 9.39. The summed E-state index contributed by atoms with van der Waals surface area (Å²) in [5.41, 5.74) is 1.50. The molecular formula is C17H21N3O3S. The summed E-state index contributed by atoms with van der Waals surface area (Å²) in [5, 5.41) is 3.45. The normalized spacial score (nSPS) is 16.0. The fourth-order valence-corrected chi connectivity index (χ4v) is 4.56. The van der Waals surface area contributed by atoms with Gasteiger partial charge < -0.3 is 9.88 Å². The summed E-state index contributed by atoms with van der Waals surface area (Å²) in [6, 6.07) is 7.35. The van der Waals surface area contributed by atoms with Crippen LogP contribution in [0.3, 0.4) is 0 Å². The quantitative estimate of drug-likeness (QED) is 0.861. The molecule has 2 aromatic rings. The summed E-state index contributed by atoms with van der Waals surface area (Å²) in [5.74, 6) is -0.370. The number of nitrogens with one attached hydrogen (secondary N) is 1. The monoisotopic (exact) mass is 347 g/mol. The van der Waals surface area contributed by atoms with Crippen molar-refractivity contribution in [1.82, 2.24) is 14.2 Å². The standard InChI is InChI=1S/C17H21N3O3S/c1-4-5-10-18-17(21)15-11-14-16(24(22,23)20(15)3)12-8-6-7-9-13(12)19(14)2/h6-9,11H,4-5,10H2,1-3H3,(H,18,21). The lowest BCUT2D eigenvalue weighted by Crippen LogP contribution is -2.38. The van der Waals surface area contributed by atoms with Crippen LogP contribution in [0.5, 0.6) is 0 Å². The fraction of sp³-hybridized carbons (Fsp3) is 0.353. The molecule has 3 rings (SSSR count). The van der Waals surface area contributed by atoms with Crippen molar-refractivity contribution in [1.29, 1.82) is 0 Å². The molecule has 0 saturated carbocycles. The van der Waals surface area contributed by atoms with E-state index in [-0.39, 0.29) is 16.5 Å². The van der Waals surface area contributed by atoms with Crippen molar-refractivity contribution in [3.8, 4) is 0 Å². The lowest BCUT2D eigenvalue weighted by atomic mass is 10.2. The van der Waals surface area contributed by atoms with Gasteiger partial charge in [0.05, 0.1) is 5.69 Å². The van der Waals surface area contributed by atoms with Gasteiger partial charge in [0, 0.05) is 31.5 Å². The highest BCUT2D eigenvalue weighted by atomic mass is 32.2. The van der Waals surface area contributed by atoms with E-state index in [4.69, 9.17) is 0 Å². The summed E-state index contributed by atoms with van der Waals surface area (Å²) in [6.45, 7) is 2.56. The summed E-state index contributed by atoms with van der Waals surface area (Å²) in [4.78, 5) is 12.7. The molecule has 0 bridgehead atoms. The van der Waals surface area contributed by atoms with Crippen molar-refractivity contribution in [2.45, 2.75) is 24.7 Å². The minimum absolute atomic E-state index is 0.143. The van der Waals surface area contributed by atoms with E-state index in [1.807, 2.05) is 36.7 Å². The van der Waals surface area contributed by atoms with E-state index in [0.29, 0.717) is 17.6 Å². The maximum Gasteiger partial charge on any atom is 0.268 e. The number of hydrogen-bond acceptors (Lipinski definition) is 3. The van der Waals surface area contributed by atoms with E-state index >= 15 is 0 Å². The molecule has 1 amide bonds. The molecule has 6 nitrogen and oxygen atoms in total. The number of sulfonamides is 1. The minimum Gasteiger partial charge on any atom is -0.351 e. The third-order valence-corrected chi connectivity index (χ3v) is 6.25. The van der Waals surface area contributed by atoms with Gasteiger partial charge in [-0.05, 0) is 18.6 Å². The van der Waals surface area contributed by atoms with Crippen molar-refractivity contribution in [2.75, 3.05) is 13.6 Å². The number of fused-ring (bicyclic) bond motifs is 3. The molecule has 1 N–H and O–H groups in total. The van der Waals surface area contributed by atoms with Crippen LogP contribution >= 0.6 is 0 Å². The van der Waals surface area contributed by atoms with Gasteiger partial charge in [0.15, 0.2) is 0 Å². The van der Waals surface area contributed by atoms with Crippen LogP contribution in [0.2, 0.25) is 0 Å². The summed E-state index contributed by atoms with van der Waals surface area (Å²) >= 11 is 0. The van der Waals surface area contributed by atoms with E-state index in [1.54, 1.807) is 12.1 Å². The van der Waals surface area contributed by atoms with Gasteiger partial charge in [0.1, 0.15) is 10.6 Å². The lowest BCUT2D eigenvalue weighted by Gasteiger charge is -2.26. The molecule has 0 atom stereocenters. The molecule has 0 radical (unpaired) electrons. The Balaban J connectivity index is 2.16. The van der Waals surface area contributed by atoms with Gasteiger partial charge >= 0.3 is 0 Å². The van der Waals surface area contributed by atoms with E-state index in [2.05, 4.69) is 5.32 Å². The molecule has 1 aromatic carbocycles. The number of aromatic nitrogens is 1. The van der Waals surface area contributed by atoms with E-state index in [9.17, 15) is 13.2 Å². The predicted octanol–water partition coefficient (Wildman–Crippen LogP) is 2.07. The number of hydrogen-bond donors (Lipinski definition) is 1. The van der Waals surface area contributed by atoms with E-state index < -0.39 is 10.0 Å². The van der Waals surface area contributed by atoms with Crippen LogP contribution in [-0.4, -0.2) is 36.8 Å². The van der Waals surface area contributed by atoms with Gasteiger partial charge in [-0.25, -0.2) is 8.42 Å². The largest absolute Gasteiger partial charge is 0.351 e. The third-order valence-electron chi connectivity index (χ3n) is 4.38. The molecule has 2 heterocycles. The SMILES string of the molecule is CCCCNC(=O)C1=Cc2c(c3ccccc3n2C)S(=O)(=O)N1C. The lowest BCUT2D eigenvalue weighted by molar-refractivity contribution is -0.118. The van der Waals surface area contributed by atoms with Gasteiger partial charge in [-0.3, -0.25) is 9.10 Å². The number of para-hydroxylation sites is 1. The fourth-order valence-electron chi connectivity index (χ4n) is 2.98. The molecule has 1 aromatic heterocycles. The van der Waals surface area contributed by atoms with Crippen molar-refractivity contribution >= 4 is 32.9 Å². The first-order chi connectivity index (χ1) is 11.4. The van der Waals surface area contributed by atoms with Gasteiger partial charge in [0.2, 0.25) is 0 Å². The molecule has 0 saturated heterocycles. The maximum absolute atomic E-state index is 13.0. The maximum atomic E-state index is 13.0. The number of benzene rings is 1. The summed E-state index contributed by atoms with van der Waals surface area (Å²) in [7, 11) is -0.535. The van der Waals surface area contributed by atoms with Crippen molar-refractivity contribution in [3.63, 3.8) is 0 Å². The van der Waals surface area contributed by atoms with E-state index in [1.165, 1.54) is 7.05 Å². The molecule has 0 aliphatic carbocycles. The number of nitrogens with zero attached hydrogens (tertiary/aromatic N) is 2. The Morgan fingerprint density at radius 2 is 1.92 bits per heavy atom. The van der Waals surface area contributed by atoms with Gasteiger partial charge in [-0.2, -0.15) is 0 Å². The van der Waals surface area contributed by atoms with Gasteiger partial charge in [0.25, 0.3) is 15.9 Å². The highest BCUT2D eigenvalue weighted by Gasteiger charge is 2.36. The molecule has 7 heteroatoms. The topological polar surface area (TPSA) is 71.4 Å². The van der Waals surface area contributed by atoms with Crippen LogP contribution in [0.15, 0.2) is 34.9 Å². The molecule has 1 aliphatic rings. The number of amides is 1. The molecule has 1 aliphatic heterocycles. The molecule has 0 unspecified atom stereocenters. The van der Waals surface area contributed by atoms with Crippen LogP contribution in [0.1, 0.15) is 25.5 Å². The molecular weight excluding hydrogens is 326 g/mol. The van der Waals surface area contributed by atoms with Crippen LogP contribution in [0, 0.1) is 0 Å². The van der Waals surface area contributed by atoms with Crippen LogP contribution in [-0.2, 0) is 21.9 Å². The second-order valence-electron chi connectivity index (χ2n) is 5.90. The summed E-state index contributed by atoms with van der Waals surface area (Å²) < 4.78 is 28.8. The summed E-state index contributed by atoms with van der Waals surface area (Å²) in [6.07, 6.45) is 3.47. The second-order valence-corrected chi connectivity index (χ2v) is 7.81. The van der Waals surface area contributed by atoms with Gasteiger partial charge in [-0.15, -0.1) is 0 Å². The zero-order valence-corrected chi connectivity index (χ0v) is 14.9. The zero-order valence-electron chi connectivity index (χ0n) is 14.0. The van der Waals surface area contributed by atoms with Crippen molar-refractivity contribution in [3.05, 3.63) is 35.7 Å². The average molecular weight is 347 g/mol. The number of unbranched alkanes of at least 4 members (excludes halogenated alkanes) is 1. The number of carbonyl (C=O) groups is 1. The Morgan fingerprint density at radius 3 is 2.62 bits per heavy atom. The molecule has 24 heavy (non-hydrogen) atoms. The average Bonchev–Trinajstić information content (AvgIpc) is 2.85. The second kappa shape index (κ2) is 5.98. The van der Waals surface area contributed by atoms with Crippen molar-refractivity contribution < 1.29 is 13.2 Å². The zero-order chi connectivity index (χ0) is 17.5. The number of carbonyl (C=O) groups excluding carboxylic acids is 1. The van der Waals surface area contributed by atoms with Crippen LogP contribution in [0.25, 0.3) is 17.0 Å².